The second kappa shape index (κ2) is 14.6. The molecule has 0 saturated carbocycles. The molecule has 2 N–H and O–H groups in total. The van der Waals surface area contributed by atoms with Crippen molar-refractivity contribution in [2.24, 2.45) is 5.92 Å². The highest BCUT2D eigenvalue weighted by atomic mass is 35.5. The van der Waals surface area contributed by atoms with E-state index in [0.717, 1.165) is 30.7 Å². The summed E-state index contributed by atoms with van der Waals surface area (Å²) >= 11 is 7.42. The van der Waals surface area contributed by atoms with Gasteiger partial charge < -0.3 is 19.5 Å². The van der Waals surface area contributed by atoms with E-state index < -0.39 is 29.6 Å². The number of aromatic nitrogens is 2. The summed E-state index contributed by atoms with van der Waals surface area (Å²) in [6.07, 6.45) is 2.69. The first-order valence-electron chi connectivity index (χ1n) is 12.6. The minimum Gasteiger partial charge on any atom is -0.755 e. The first kappa shape index (κ1) is 30.8. The molecule has 2 amide bonds. The standard InChI is InChI=1S/C27H33ClN4O5S2/c1-3-4-9-24-30-26(28)23(16-33)31(24)15-19-10-12-20(13-11-19)21-7-5-6-8-22(21)32(39(36)37)25(34)14-29-27(35)18(2)17-38/h5-8,10-13,18,33,38H,3-4,9,14-17H2,1-2H3,(H,29,35)(H,36,37)/p-1. The number of aliphatic hydroxyl groups is 1. The average Bonchev–Trinajstić information content (AvgIpc) is 3.23. The molecule has 0 fully saturated rings. The van der Waals surface area contributed by atoms with Crippen LogP contribution in [0.4, 0.5) is 5.69 Å². The van der Waals surface area contributed by atoms with Crippen LogP contribution in [0.15, 0.2) is 48.5 Å². The Balaban J connectivity index is 1.87. The van der Waals surface area contributed by atoms with E-state index in [4.69, 9.17) is 11.6 Å². The van der Waals surface area contributed by atoms with Crippen molar-refractivity contribution < 1.29 is 23.5 Å². The van der Waals surface area contributed by atoms with Crippen molar-refractivity contribution in [2.75, 3.05) is 16.6 Å². The van der Waals surface area contributed by atoms with Crippen LogP contribution < -0.4 is 9.62 Å². The molecule has 3 aromatic rings. The number of rotatable bonds is 13. The molecule has 1 heterocycles. The Morgan fingerprint density at radius 2 is 1.92 bits per heavy atom. The van der Waals surface area contributed by atoms with E-state index in [-0.39, 0.29) is 18.2 Å². The number of nitrogens with one attached hydrogen (secondary N) is 1. The molecule has 2 aromatic carbocycles. The number of hydrogen-bond donors (Lipinski definition) is 3. The number of hydrogen-bond acceptors (Lipinski definition) is 7. The summed E-state index contributed by atoms with van der Waals surface area (Å²) in [5.74, 6) is -0.498. The summed E-state index contributed by atoms with van der Waals surface area (Å²) < 4.78 is 26.8. The number of carbonyl (C=O) groups is 2. The number of aryl methyl sites for hydroxylation is 1. The van der Waals surface area contributed by atoms with Crippen molar-refractivity contribution in [3.05, 3.63) is 70.8 Å². The van der Waals surface area contributed by atoms with Crippen LogP contribution in [-0.2, 0) is 40.4 Å². The number of nitrogens with zero attached hydrogens (tertiary/aromatic N) is 3. The monoisotopic (exact) mass is 591 g/mol. The SMILES string of the molecule is CCCCc1nc(Cl)c(CO)n1Cc1ccc(-c2ccccc2N(C(=O)CNC(=O)C(C)CS)S(=O)[O-])cc1. The number of amides is 2. The van der Waals surface area contributed by atoms with Crippen molar-refractivity contribution in [1.29, 1.82) is 0 Å². The highest BCUT2D eigenvalue weighted by Crippen LogP contribution is 2.32. The lowest BCUT2D eigenvalue weighted by molar-refractivity contribution is -0.126. The number of halogens is 1. The Labute approximate surface area is 241 Å². The van der Waals surface area contributed by atoms with Crippen LogP contribution in [0.5, 0.6) is 0 Å². The molecule has 0 aliphatic heterocycles. The van der Waals surface area contributed by atoms with E-state index in [1.807, 2.05) is 28.8 Å². The van der Waals surface area contributed by atoms with Crippen LogP contribution in [0.3, 0.4) is 0 Å². The number of anilines is 1. The highest BCUT2D eigenvalue weighted by molar-refractivity contribution is 7.81. The van der Waals surface area contributed by atoms with E-state index >= 15 is 0 Å². The van der Waals surface area contributed by atoms with Crippen molar-refractivity contribution in [3.8, 4) is 11.1 Å². The molecule has 1 aromatic heterocycles. The third-order valence-electron chi connectivity index (χ3n) is 6.25. The summed E-state index contributed by atoms with van der Waals surface area (Å²) in [6, 6.07) is 14.1. The maximum absolute atomic E-state index is 12.9. The number of aliphatic hydroxyl groups excluding tert-OH is 1. The fourth-order valence-corrected chi connectivity index (χ4v) is 5.00. The Morgan fingerprint density at radius 3 is 2.54 bits per heavy atom. The second-order valence-corrected chi connectivity index (χ2v) is 10.6. The average molecular weight is 592 g/mol. The number of unbranched alkanes of at least 4 members (excludes halogenated alkanes) is 1. The smallest absolute Gasteiger partial charge is 0.257 e. The fraction of sp³-hybridized carbons (Fsp3) is 0.370. The van der Waals surface area contributed by atoms with Gasteiger partial charge in [-0.25, -0.2) is 9.29 Å². The molecule has 0 radical (unpaired) electrons. The summed E-state index contributed by atoms with van der Waals surface area (Å²) in [6.45, 7) is 3.51. The second-order valence-electron chi connectivity index (χ2n) is 9.03. The highest BCUT2D eigenvalue weighted by Gasteiger charge is 2.22. The van der Waals surface area contributed by atoms with E-state index in [1.54, 1.807) is 25.1 Å². The maximum Gasteiger partial charge on any atom is 0.257 e. The van der Waals surface area contributed by atoms with Crippen LogP contribution >= 0.6 is 24.2 Å². The number of para-hydroxylation sites is 1. The minimum atomic E-state index is -2.91. The molecular formula is C27H32ClN4O5S2-. The number of thiol groups is 1. The topological polar surface area (TPSA) is 128 Å². The van der Waals surface area contributed by atoms with Gasteiger partial charge in [-0.05, 0) is 23.6 Å². The Kier molecular flexibility index (Phi) is 11.6. The summed E-state index contributed by atoms with van der Waals surface area (Å²) in [7, 11) is 0. The quantitative estimate of drug-likeness (QED) is 0.204. The fourth-order valence-electron chi connectivity index (χ4n) is 4.02. The number of benzene rings is 2. The molecule has 0 spiro atoms. The zero-order valence-electron chi connectivity index (χ0n) is 21.8. The molecule has 0 saturated heterocycles. The van der Waals surface area contributed by atoms with Crippen LogP contribution in [0, 0.1) is 5.92 Å². The molecule has 9 nitrogen and oxygen atoms in total. The van der Waals surface area contributed by atoms with E-state index in [9.17, 15) is 23.5 Å². The molecule has 0 aliphatic rings. The first-order chi connectivity index (χ1) is 18.7. The first-order valence-corrected chi connectivity index (χ1v) is 14.6. The van der Waals surface area contributed by atoms with Crippen LogP contribution in [-0.4, -0.2) is 47.5 Å². The van der Waals surface area contributed by atoms with Crippen molar-refractivity contribution in [2.45, 2.75) is 46.3 Å². The van der Waals surface area contributed by atoms with Gasteiger partial charge in [-0.15, -0.1) is 0 Å². The lowest BCUT2D eigenvalue weighted by Crippen LogP contribution is -2.43. The van der Waals surface area contributed by atoms with Crippen LogP contribution in [0.1, 0.15) is 43.8 Å². The predicted molar refractivity (Wildman–Crippen MR) is 155 cm³/mol. The maximum atomic E-state index is 12.9. The van der Waals surface area contributed by atoms with Crippen LogP contribution in [0.2, 0.25) is 5.15 Å². The molecule has 3 rings (SSSR count). The normalized spacial score (nSPS) is 12.7. The Bertz CT molecular complexity index is 1320. The van der Waals surface area contributed by atoms with Crippen molar-refractivity contribution in [3.63, 3.8) is 0 Å². The molecule has 0 bridgehead atoms. The molecule has 2 atom stereocenters. The van der Waals surface area contributed by atoms with Gasteiger partial charge in [0.1, 0.15) is 5.82 Å². The van der Waals surface area contributed by atoms with Gasteiger partial charge in [-0.1, -0.05) is 74.3 Å². The van der Waals surface area contributed by atoms with Gasteiger partial charge in [-0.2, -0.15) is 12.6 Å². The van der Waals surface area contributed by atoms with Gasteiger partial charge >= 0.3 is 0 Å². The third-order valence-corrected chi connectivity index (χ3v) is 7.79. The van der Waals surface area contributed by atoms with Crippen LogP contribution in [0.25, 0.3) is 11.1 Å². The number of carbonyl (C=O) groups excluding carboxylic acids is 2. The molecular weight excluding hydrogens is 560 g/mol. The van der Waals surface area contributed by atoms with Crippen molar-refractivity contribution >= 4 is 53.0 Å². The van der Waals surface area contributed by atoms with Crippen molar-refractivity contribution in [1.82, 2.24) is 14.9 Å². The van der Waals surface area contributed by atoms with Gasteiger partial charge in [0.25, 0.3) is 5.91 Å². The van der Waals surface area contributed by atoms with Gasteiger partial charge in [0, 0.05) is 30.2 Å². The zero-order chi connectivity index (χ0) is 28.5. The summed E-state index contributed by atoms with van der Waals surface area (Å²) in [5.41, 5.74) is 2.88. The molecule has 2 unspecified atom stereocenters. The molecule has 0 aliphatic carbocycles. The van der Waals surface area contributed by atoms with E-state index in [2.05, 4.69) is 29.9 Å². The lowest BCUT2D eigenvalue weighted by atomic mass is 10.0. The van der Waals surface area contributed by atoms with Gasteiger partial charge in [0.15, 0.2) is 5.15 Å². The number of imidazole rings is 1. The van der Waals surface area contributed by atoms with E-state index in [1.165, 1.54) is 6.07 Å². The molecule has 12 heteroatoms. The minimum absolute atomic E-state index is 0.172. The lowest BCUT2D eigenvalue weighted by Gasteiger charge is -2.27. The predicted octanol–water partition coefficient (Wildman–Crippen LogP) is 3.90. The molecule has 210 valence electrons. The van der Waals surface area contributed by atoms with Gasteiger partial charge in [-0.3, -0.25) is 13.8 Å². The van der Waals surface area contributed by atoms with Gasteiger partial charge in [0.2, 0.25) is 5.91 Å². The largest absolute Gasteiger partial charge is 0.755 e. The summed E-state index contributed by atoms with van der Waals surface area (Å²) in [5, 5.41) is 12.6. The van der Waals surface area contributed by atoms with Gasteiger partial charge in [0.05, 0.1) is 35.8 Å². The Hall–Kier alpha value is -2.70. The zero-order valence-corrected chi connectivity index (χ0v) is 24.3. The third kappa shape index (κ3) is 7.70. The van der Waals surface area contributed by atoms with E-state index in [0.29, 0.717) is 38.6 Å². The summed E-state index contributed by atoms with van der Waals surface area (Å²) in [4.78, 5) is 29.4. The molecule has 39 heavy (non-hydrogen) atoms. The Morgan fingerprint density at radius 1 is 1.23 bits per heavy atom.